The Kier molecular flexibility index (Phi) is 4.18. The van der Waals surface area contributed by atoms with E-state index in [9.17, 15) is 17.6 Å². The van der Waals surface area contributed by atoms with Crippen molar-refractivity contribution in [1.29, 1.82) is 0 Å². The molecule has 2 aromatic rings. The number of nitrogens with zero attached hydrogens (tertiary/aromatic N) is 1. The molecule has 3 rings (SSSR count). The molecule has 0 N–H and O–H groups in total. The molecule has 0 aliphatic carbocycles. The molecule has 1 aliphatic heterocycles. The second-order valence-corrected chi connectivity index (χ2v) is 7.75. The topological polar surface area (TPSA) is 63.7 Å². The van der Waals surface area contributed by atoms with E-state index in [1.165, 1.54) is 41.4 Å². The third kappa shape index (κ3) is 2.71. The first-order valence-electron chi connectivity index (χ1n) is 6.74. The molecule has 0 aromatic heterocycles. The highest BCUT2D eigenvalue weighted by molar-refractivity contribution is 9.10. The van der Waals surface area contributed by atoms with Gasteiger partial charge in [0, 0.05) is 16.4 Å². The quantitative estimate of drug-likeness (QED) is 0.707. The maximum absolute atomic E-state index is 13.2. The highest BCUT2D eigenvalue weighted by Crippen LogP contribution is 2.41. The van der Waals surface area contributed by atoms with Crippen LogP contribution in [-0.2, 0) is 19.4 Å². The van der Waals surface area contributed by atoms with Crippen molar-refractivity contribution in [3.05, 3.63) is 63.9 Å². The third-order valence-electron chi connectivity index (χ3n) is 3.50. The fraction of sp³-hybridized carbons (Fsp3) is 0.0625. The molecular weight excluding hydrogens is 401 g/mol. The number of hydrogen-bond acceptors (Lipinski definition) is 5. The highest BCUT2D eigenvalue weighted by Gasteiger charge is 2.36. The Hall–Kier alpha value is -2.19. The van der Waals surface area contributed by atoms with Gasteiger partial charge in [-0.1, -0.05) is 15.9 Å². The molecular formula is C16H11BrFNO4S. The minimum absolute atomic E-state index is 0.0297. The van der Waals surface area contributed by atoms with Crippen molar-refractivity contribution in [2.45, 2.75) is 4.90 Å². The zero-order valence-corrected chi connectivity index (χ0v) is 14.8. The molecule has 0 saturated carbocycles. The molecule has 24 heavy (non-hydrogen) atoms. The number of carbonyl (C=O) groups excluding carboxylic acids is 1. The smallest absolute Gasteiger partial charge is 0.351 e. The van der Waals surface area contributed by atoms with Crippen LogP contribution in [0.5, 0.6) is 0 Å². The van der Waals surface area contributed by atoms with Crippen molar-refractivity contribution < 1.29 is 22.3 Å². The van der Waals surface area contributed by atoms with Gasteiger partial charge in [0.05, 0.1) is 17.7 Å². The molecule has 1 heterocycles. The molecule has 1 aliphatic rings. The van der Waals surface area contributed by atoms with Crippen LogP contribution in [-0.4, -0.2) is 21.5 Å². The van der Waals surface area contributed by atoms with Gasteiger partial charge in [0.2, 0.25) is 9.84 Å². The van der Waals surface area contributed by atoms with Gasteiger partial charge in [0.15, 0.2) is 4.91 Å². The monoisotopic (exact) mass is 411 g/mol. The van der Waals surface area contributed by atoms with Crippen LogP contribution in [0.15, 0.2) is 62.9 Å². The van der Waals surface area contributed by atoms with Gasteiger partial charge in [-0.3, -0.25) is 0 Å². The molecule has 0 spiro atoms. The van der Waals surface area contributed by atoms with Crippen LogP contribution in [0.2, 0.25) is 0 Å². The number of ether oxygens (including phenoxy) is 1. The third-order valence-corrected chi connectivity index (χ3v) is 5.77. The van der Waals surface area contributed by atoms with E-state index in [-0.39, 0.29) is 4.90 Å². The Bertz CT molecular complexity index is 955. The summed E-state index contributed by atoms with van der Waals surface area (Å²) < 4.78 is 43.8. The summed E-state index contributed by atoms with van der Waals surface area (Å²) in [5, 5.41) is 0. The average molecular weight is 412 g/mol. The number of anilines is 2. The number of esters is 1. The van der Waals surface area contributed by atoms with E-state index in [1.54, 1.807) is 12.1 Å². The summed E-state index contributed by atoms with van der Waals surface area (Å²) in [6.07, 6.45) is 1.18. The van der Waals surface area contributed by atoms with Gasteiger partial charge in [-0.2, -0.15) is 0 Å². The lowest BCUT2D eigenvalue weighted by Gasteiger charge is -2.28. The summed E-state index contributed by atoms with van der Waals surface area (Å²) in [7, 11) is -2.90. The first-order valence-corrected chi connectivity index (χ1v) is 9.02. The number of benzene rings is 2. The van der Waals surface area contributed by atoms with Crippen molar-refractivity contribution in [2.75, 3.05) is 12.0 Å². The maximum atomic E-state index is 13.2. The summed E-state index contributed by atoms with van der Waals surface area (Å²) >= 11 is 3.30. The van der Waals surface area contributed by atoms with E-state index in [1.807, 2.05) is 0 Å². The Balaban J connectivity index is 2.28. The minimum Gasteiger partial charge on any atom is -0.465 e. The molecule has 0 unspecified atom stereocenters. The van der Waals surface area contributed by atoms with Crippen LogP contribution in [0.25, 0.3) is 0 Å². The van der Waals surface area contributed by atoms with Gasteiger partial charge < -0.3 is 9.64 Å². The van der Waals surface area contributed by atoms with Crippen molar-refractivity contribution >= 4 is 43.1 Å². The Morgan fingerprint density at radius 2 is 1.83 bits per heavy atom. The van der Waals surface area contributed by atoms with Gasteiger partial charge >= 0.3 is 5.97 Å². The van der Waals surface area contributed by atoms with Crippen molar-refractivity contribution in [3.8, 4) is 0 Å². The lowest BCUT2D eigenvalue weighted by Crippen LogP contribution is -2.26. The fourth-order valence-electron chi connectivity index (χ4n) is 2.36. The molecule has 124 valence electrons. The molecule has 8 heteroatoms. The predicted octanol–water partition coefficient (Wildman–Crippen LogP) is 3.53. The van der Waals surface area contributed by atoms with E-state index in [4.69, 9.17) is 0 Å². The summed E-state index contributed by atoms with van der Waals surface area (Å²) in [5.41, 5.74) is 0.857. The minimum atomic E-state index is -4.01. The van der Waals surface area contributed by atoms with Crippen LogP contribution in [0, 0.1) is 5.82 Å². The molecule has 0 atom stereocenters. The average Bonchev–Trinajstić information content (AvgIpc) is 2.55. The van der Waals surface area contributed by atoms with Crippen molar-refractivity contribution in [1.82, 2.24) is 0 Å². The standard InChI is InChI=1S/C16H11BrFNO4S/c1-23-16(20)15-9-19(12-5-3-11(18)4-6-12)13-8-10(17)2-7-14(13)24(15,21)22/h2-9H,1H3. The van der Waals surface area contributed by atoms with Crippen LogP contribution in [0.4, 0.5) is 15.8 Å². The lowest BCUT2D eigenvalue weighted by molar-refractivity contribution is -0.135. The van der Waals surface area contributed by atoms with Gasteiger partial charge in [0.1, 0.15) is 5.82 Å². The normalized spacial score (nSPS) is 15.5. The first-order chi connectivity index (χ1) is 11.3. The van der Waals surface area contributed by atoms with Crippen LogP contribution >= 0.6 is 15.9 Å². The summed E-state index contributed by atoms with van der Waals surface area (Å²) in [5.74, 6) is -1.38. The zero-order chi connectivity index (χ0) is 17.5. The van der Waals surface area contributed by atoms with Gasteiger partial charge in [-0.25, -0.2) is 17.6 Å². The van der Waals surface area contributed by atoms with Gasteiger partial charge in [-0.15, -0.1) is 0 Å². The molecule has 0 saturated heterocycles. The van der Waals surface area contributed by atoms with Gasteiger partial charge in [0.25, 0.3) is 0 Å². The molecule has 0 bridgehead atoms. The van der Waals surface area contributed by atoms with Crippen molar-refractivity contribution in [3.63, 3.8) is 0 Å². The predicted molar refractivity (Wildman–Crippen MR) is 90.0 cm³/mol. The number of fused-ring (bicyclic) bond motifs is 1. The molecule has 0 amide bonds. The first kappa shape index (κ1) is 16.7. The highest BCUT2D eigenvalue weighted by atomic mass is 79.9. The largest absolute Gasteiger partial charge is 0.465 e. The molecule has 2 aromatic carbocycles. The molecule has 5 nitrogen and oxygen atoms in total. The number of sulfone groups is 1. The van der Waals surface area contributed by atoms with E-state index < -0.39 is 26.5 Å². The summed E-state index contributed by atoms with van der Waals surface area (Å²) in [6.45, 7) is 0. The van der Waals surface area contributed by atoms with Crippen LogP contribution < -0.4 is 4.90 Å². The van der Waals surface area contributed by atoms with Crippen LogP contribution in [0.3, 0.4) is 0 Å². The fourth-order valence-corrected chi connectivity index (χ4v) is 4.17. The molecule has 0 radical (unpaired) electrons. The second kappa shape index (κ2) is 6.03. The lowest BCUT2D eigenvalue weighted by atomic mass is 10.2. The van der Waals surface area contributed by atoms with E-state index >= 15 is 0 Å². The van der Waals surface area contributed by atoms with E-state index in [0.717, 1.165) is 7.11 Å². The number of carbonyl (C=O) groups is 1. The Morgan fingerprint density at radius 1 is 1.17 bits per heavy atom. The summed E-state index contributed by atoms with van der Waals surface area (Å²) in [6, 6.07) is 10.1. The number of halogens is 2. The number of methoxy groups -OCH3 is 1. The Labute approximate surface area is 146 Å². The van der Waals surface area contributed by atoms with Gasteiger partial charge in [-0.05, 0) is 42.5 Å². The zero-order valence-electron chi connectivity index (χ0n) is 12.4. The maximum Gasteiger partial charge on any atom is 0.351 e. The van der Waals surface area contributed by atoms with Crippen LogP contribution in [0.1, 0.15) is 0 Å². The number of hydrogen-bond donors (Lipinski definition) is 0. The SMILES string of the molecule is COC(=O)C1=CN(c2ccc(F)cc2)c2cc(Br)ccc2S1(=O)=O. The number of rotatable bonds is 2. The van der Waals surface area contributed by atoms with E-state index in [2.05, 4.69) is 20.7 Å². The Morgan fingerprint density at radius 3 is 2.46 bits per heavy atom. The van der Waals surface area contributed by atoms with E-state index in [0.29, 0.717) is 15.8 Å². The van der Waals surface area contributed by atoms with Crippen molar-refractivity contribution in [2.24, 2.45) is 0 Å². The second-order valence-electron chi connectivity index (χ2n) is 4.95. The summed E-state index contributed by atoms with van der Waals surface area (Å²) in [4.78, 5) is 12.9. The molecule has 0 fully saturated rings.